The number of carbonyl (C=O) groups excluding carboxylic acids is 2. The molecule has 2 heterocycles. The molecule has 2 aliphatic rings. The zero-order valence-electron chi connectivity index (χ0n) is 19.9. The highest BCUT2D eigenvalue weighted by Gasteiger charge is 2.37. The molecule has 0 saturated carbocycles. The Hall–Kier alpha value is -2.05. The van der Waals surface area contributed by atoms with Crippen molar-refractivity contribution < 1.29 is 9.59 Å². The Morgan fingerprint density at radius 2 is 1.88 bits per heavy atom. The van der Waals surface area contributed by atoms with Gasteiger partial charge >= 0.3 is 0 Å². The lowest BCUT2D eigenvalue weighted by Gasteiger charge is -2.48. The number of anilines is 1. The van der Waals surface area contributed by atoms with Gasteiger partial charge in [-0.15, -0.1) is 0 Å². The van der Waals surface area contributed by atoms with Gasteiger partial charge in [0.2, 0.25) is 0 Å². The van der Waals surface area contributed by atoms with Crippen molar-refractivity contribution in [3.05, 3.63) is 68.0 Å². The fourth-order valence-electron chi connectivity index (χ4n) is 5.00. The van der Waals surface area contributed by atoms with Crippen molar-refractivity contribution in [1.82, 2.24) is 4.90 Å². The number of halogens is 1. The van der Waals surface area contributed by atoms with E-state index in [4.69, 9.17) is 0 Å². The molecule has 0 aliphatic carbocycles. The van der Waals surface area contributed by atoms with Gasteiger partial charge in [-0.05, 0) is 104 Å². The molecular formula is C27H31BrN2O2S. The van der Waals surface area contributed by atoms with Crippen LogP contribution in [-0.4, -0.2) is 28.1 Å². The Kier molecular flexibility index (Phi) is 6.79. The van der Waals surface area contributed by atoms with E-state index in [0.29, 0.717) is 10.8 Å². The van der Waals surface area contributed by atoms with Crippen LogP contribution in [0.1, 0.15) is 68.7 Å². The Morgan fingerprint density at radius 3 is 2.55 bits per heavy atom. The van der Waals surface area contributed by atoms with Crippen molar-refractivity contribution in [2.75, 3.05) is 11.4 Å². The second-order valence-electron chi connectivity index (χ2n) is 9.73. The molecule has 0 bridgehead atoms. The van der Waals surface area contributed by atoms with Gasteiger partial charge in [0.15, 0.2) is 0 Å². The average Bonchev–Trinajstić information content (AvgIpc) is 3.00. The summed E-state index contributed by atoms with van der Waals surface area (Å²) in [6.45, 7) is 12.6. The number of rotatable bonds is 5. The summed E-state index contributed by atoms with van der Waals surface area (Å²) in [7, 11) is 0. The number of hydrogen-bond donors (Lipinski definition) is 0. The van der Waals surface area contributed by atoms with Gasteiger partial charge in [-0.2, -0.15) is 0 Å². The number of benzene rings is 2. The third-order valence-corrected chi connectivity index (χ3v) is 8.07. The molecule has 33 heavy (non-hydrogen) atoms. The molecule has 4 nitrogen and oxygen atoms in total. The van der Waals surface area contributed by atoms with Gasteiger partial charge in [0.05, 0.1) is 11.4 Å². The third kappa shape index (κ3) is 4.78. The van der Waals surface area contributed by atoms with Crippen LogP contribution < -0.4 is 4.90 Å². The van der Waals surface area contributed by atoms with Gasteiger partial charge in [-0.1, -0.05) is 41.9 Å². The molecule has 0 spiro atoms. The van der Waals surface area contributed by atoms with Crippen LogP contribution in [0.15, 0.2) is 45.8 Å². The van der Waals surface area contributed by atoms with E-state index in [2.05, 4.69) is 67.6 Å². The maximum absolute atomic E-state index is 13.1. The van der Waals surface area contributed by atoms with Crippen molar-refractivity contribution in [1.29, 1.82) is 0 Å². The largest absolute Gasteiger partial charge is 0.366 e. The van der Waals surface area contributed by atoms with Gasteiger partial charge in [0.25, 0.3) is 11.1 Å². The molecule has 1 saturated heterocycles. The van der Waals surface area contributed by atoms with E-state index < -0.39 is 0 Å². The number of thioether (sulfide) groups is 1. The number of aryl methyl sites for hydroxylation is 1. The van der Waals surface area contributed by atoms with E-state index in [9.17, 15) is 9.59 Å². The molecule has 2 aliphatic heterocycles. The topological polar surface area (TPSA) is 40.6 Å². The number of hydrogen-bond acceptors (Lipinski definition) is 4. The predicted octanol–water partition coefficient (Wildman–Crippen LogP) is 7.50. The minimum atomic E-state index is -0.216. The summed E-state index contributed by atoms with van der Waals surface area (Å²) in [5.74, 6) is 0.218. The maximum atomic E-state index is 13.1. The summed E-state index contributed by atoms with van der Waals surface area (Å²) in [4.78, 5) is 30.1. The van der Waals surface area contributed by atoms with Crippen molar-refractivity contribution in [3.63, 3.8) is 0 Å². The van der Waals surface area contributed by atoms with Crippen LogP contribution in [0.2, 0.25) is 0 Å². The molecule has 2 amide bonds. The molecule has 0 radical (unpaired) electrons. The maximum Gasteiger partial charge on any atom is 0.293 e. The van der Waals surface area contributed by atoms with Crippen LogP contribution in [0.25, 0.3) is 6.08 Å². The first-order valence-corrected chi connectivity index (χ1v) is 13.1. The second kappa shape index (κ2) is 9.30. The zero-order valence-corrected chi connectivity index (χ0v) is 22.3. The summed E-state index contributed by atoms with van der Waals surface area (Å²) in [6, 6.07) is 12.2. The summed E-state index contributed by atoms with van der Waals surface area (Å²) in [6.07, 6.45) is 4.09. The van der Waals surface area contributed by atoms with Crippen LogP contribution in [0.5, 0.6) is 0 Å². The van der Waals surface area contributed by atoms with Crippen molar-refractivity contribution in [2.24, 2.45) is 0 Å². The molecule has 0 N–H and O–H groups in total. The van der Waals surface area contributed by atoms with Gasteiger partial charge < -0.3 is 4.90 Å². The first-order valence-electron chi connectivity index (χ1n) is 11.5. The van der Waals surface area contributed by atoms with Crippen molar-refractivity contribution in [3.8, 4) is 0 Å². The summed E-state index contributed by atoms with van der Waals surface area (Å²) >= 11 is 4.45. The molecule has 2 aromatic carbocycles. The van der Waals surface area contributed by atoms with Crippen molar-refractivity contribution >= 4 is 50.6 Å². The lowest BCUT2D eigenvalue weighted by atomic mass is 9.79. The monoisotopic (exact) mass is 526 g/mol. The van der Waals surface area contributed by atoms with Gasteiger partial charge in [-0.3, -0.25) is 14.5 Å². The molecule has 1 atom stereocenters. The normalized spacial score (nSPS) is 21.2. The van der Waals surface area contributed by atoms with E-state index in [1.165, 1.54) is 16.2 Å². The first-order chi connectivity index (χ1) is 15.6. The summed E-state index contributed by atoms with van der Waals surface area (Å²) < 4.78 is 0.971. The van der Waals surface area contributed by atoms with E-state index in [1.807, 2.05) is 30.3 Å². The second-order valence-corrected chi connectivity index (χ2v) is 11.6. The van der Waals surface area contributed by atoms with Gasteiger partial charge in [-0.25, -0.2) is 0 Å². The molecule has 174 valence electrons. The summed E-state index contributed by atoms with van der Waals surface area (Å²) in [5.41, 5.74) is 5.82. The number of amides is 2. The van der Waals surface area contributed by atoms with Crippen LogP contribution in [-0.2, 0) is 11.3 Å². The standard InChI is InChI=1S/C27H31BrN2O2S/c1-6-11-30-23-12-17(2)20(13-22(23)18(3)15-27(30,4)5)14-24-25(31)29(26(32)33-24)16-19-7-9-21(28)10-8-19/h7-10,12-14,18H,6,11,15-16H2,1-5H3/b24-14+. The SMILES string of the molecule is CCCN1c2cc(C)c(/C=C3/SC(=O)N(Cc4ccc(Br)cc4)C3=O)cc2C(C)CC1(C)C. The highest BCUT2D eigenvalue weighted by molar-refractivity contribution is 9.10. The van der Waals surface area contributed by atoms with Crippen LogP contribution in [0, 0.1) is 6.92 Å². The molecule has 6 heteroatoms. The van der Waals surface area contributed by atoms with E-state index in [0.717, 1.165) is 52.3 Å². The minimum absolute atomic E-state index is 0.117. The quantitative estimate of drug-likeness (QED) is 0.378. The average molecular weight is 528 g/mol. The van der Waals surface area contributed by atoms with Crippen molar-refractivity contribution in [2.45, 2.75) is 65.5 Å². The highest BCUT2D eigenvalue weighted by Crippen LogP contribution is 2.45. The molecule has 0 aromatic heterocycles. The van der Waals surface area contributed by atoms with Crippen LogP contribution in [0.4, 0.5) is 10.5 Å². The molecule has 2 aromatic rings. The number of imide groups is 1. The third-order valence-electron chi connectivity index (χ3n) is 6.63. The minimum Gasteiger partial charge on any atom is -0.366 e. The summed E-state index contributed by atoms with van der Waals surface area (Å²) in [5, 5.41) is -0.214. The number of fused-ring (bicyclic) bond motifs is 1. The zero-order chi connectivity index (χ0) is 23.9. The van der Waals surface area contributed by atoms with Crippen LogP contribution in [0.3, 0.4) is 0 Å². The number of nitrogens with zero attached hydrogens (tertiary/aromatic N) is 2. The van der Waals surface area contributed by atoms with Crippen LogP contribution >= 0.6 is 27.7 Å². The fourth-order valence-corrected chi connectivity index (χ4v) is 6.10. The Labute approximate surface area is 209 Å². The molecule has 1 fully saturated rings. The Bertz CT molecular complexity index is 1120. The van der Waals surface area contributed by atoms with E-state index >= 15 is 0 Å². The highest BCUT2D eigenvalue weighted by atomic mass is 79.9. The predicted molar refractivity (Wildman–Crippen MR) is 142 cm³/mol. The fraction of sp³-hybridized carbons (Fsp3) is 0.407. The lowest BCUT2D eigenvalue weighted by Crippen LogP contribution is -2.48. The molecule has 4 rings (SSSR count). The smallest absolute Gasteiger partial charge is 0.293 e. The first kappa shape index (κ1) is 24.1. The Morgan fingerprint density at radius 1 is 1.18 bits per heavy atom. The van der Waals surface area contributed by atoms with Gasteiger partial charge in [0, 0.05) is 22.2 Å². The molecule has 1 unspecified atom stereocenters. The van der Waals surface area contributed by atoms with E-state index in [-0.39, 0.29) is 23.2 Å². The molecular weight excluding hydrogens is 496 g/mol. The lowest BCUT2D eigenvalue weighted by molar-refractivity contribution is -0.123. The number of carbonyl (C=O) groups is 2. The Balaban J connectivity index is 1.64. The van der Waals surface area contributed by atoms with E-state index in [1.54, 1.807) is 0 Å². The van der Waals surface area contributed by atoms with Gasteiger partial charge in [0.1, 0.15) is 0 Å².